The number of aryl methyl sites for hydroxylation is 1. The highest BCUT2D eigenvalue weighted by Gasteiger charge is 2.13. The summed E-state index contributed by atoms with van der Waals surface area (Å²) in [6, 6.07) is 8.00. The van der Waals surface area contributed by atoms with Gasteiger partial charge in [0.2, 0.25) is 0 Å². The third-order valence-electron chi connectivity index (χ3n) is 3.14. The Morgan fingerprint density at radius 1 is 1.28 bits per heavy atom. The molecule has 4 nitrogen and oxygen atoms in total. The first-order valence-corrected chi connectivity index (χ1v) is 5.99. The van der Waals surface area contributed by atoms with Crippen LogP contribution in [0.5, 0.6) is 5.75 Å². The summed E-state index contributed by atoms with van der Waals surface area (Å²) in [5, 5.41) is 7.76. The van der Waals surface area contributed by atoms with Gasteiger partial charge in [-0.1, -0.05) is 0 Å². The topological polar surface area (TPSA) is 39.1 Å². The maximum absolute atomic E-state index is 5.17. The highest BCUT2D eigenvalue weighted by molar-refractivity contribution is 5.64. The predicted molar refractivity (Wildman–Crippen MR) is 72.7 cm³/mol. The molecule has 18 heavy (non-hydrogen) atoms. The van der Waals surface area contributed by atoms with Gasteiger partial charge >= 0.3 is 0 Å². The molecule has 1 aromatic carbocycles. The summed E-state index contributed by atoms with van der Waals surface area (Å²) in [6.45, 7) is 2.94. The lowest BCUT2D eigenvalue weighted by Crippen LogP contribution is -2.10. The molecule has 4 heteroatoms. The monoisotopic (exact) mass is 245 g/mol. The average Bonchev–Trinajstić information content (AvgIpc) is 2.67. The van der Waals surface area contributed by atoms with E-state index in [2.05, 4.69) is 17.3 Å². The molecule has 0 atom stereocenters. The van der Waals surface area contributed by atoms with Crippen LogP contribution in [0.15, 0.2) is 24.3 Å². The lowest BCUT2D eigenvalue weighted by Gasteiger charge is -2.03. The maximum Gasteiger partial charge on any atom is 0.118 e. The highest BCUT2D eigenvalue weighted by Crippen LogP contribution is 2.26. The Morgan fingerprint density at radius 2 is 1.94 bits per heavy atom. The largest absolute Gasteiger partial charge is 0.497 e. The van der Waals surface area contributed by atoms with Gasteiger partial charge in [-0.25, -0.2) is 0 Å². The van der Waals surface area contributed by atoms with Crippen molar-refractivity contribution in [3.8, 4) is 17.0 Å². The second-order valence-electron chi connectivity index (χ2n) is 4.30. The molecule has 0 radical (unpaired) electrons. The molecule has 0 spiro atoms. The molecule has 0 aliphatic carbocycles. The molecular formula is C14H19N3O. The van der Waals surface area contributed by atoms with Crippen molar-refractivity contribution >= 4 is 0 Å². The van der Waals surface area contributed by atoms with Gasteiger partial charge in [-0.2, -0.15) is 5.10 Å². The van der Waals surface area contributed by atoms with E-state index in [1.165, 1.54) is 11.3 Å². The molecule has 0 saturated carbocycles. The standard InChI is InChI=1S/C14H19N3O/c1-10-13(9-15-2)17(3)16-14(10)11-5-7-12(18-4)8-6-11/h5-8,15H,9H2,1-4H3. The van der Waals surface area contributed by atoms with Crippen molar-refractivity contribution in [1.82, 2.24) is 15.1 Å². The minimum absolute atomic E-state index is 0.825. The fourth-order valence-corrected chi connectivity index (χ4v) is 2.10. The zero-order chi connectivity index (χ0) is 13.1. The van der Waals surface area contributed by atoms with E-state index in [4.69, 9.17) is 4.74 Å². The van der Waals surface area contributed by atoms with Gasteiger partial charge in [0.15, 0.2) is 0 Å². The predicted octanol–water partition coefficient (Wildman–Crippen LogP) is 2.12. The van der Waals surface area contributed by atoms with Crippen LogP contribution in [0.3, 0.4) is 0 Å². The second-order valence-corrected chi connectivity index (χ2v) is 4.30. The number of methoxy groups -OCH3 is 1. The van der Waals surface area contributed by atoms with Crippen LogP contribution in [-0.2, 0) is 13.6 Å². The Labute approximate surface area is 108 Å². The molecule has 1 aromatic heterocycles. The van der Waals surface area contributed by atoms with Crippen LogP contribution in [0, 0.1) is 6.92 Å². The van der Waals surface area contributed by atoms with Crippen molar-refractivity contribution in [2.24, 2.45) is 7.05 Å². The van der Waals surface area contributed by atoms with Gasteiger partial charge < -0.3 is 10.1 Å². The summed E-state index contributed by atoms with van der Waals surface area (Å²) in [4.78, 5) is 0. The SMILES string of the molecule is CNCc1c(C)c(-c2ccc(OC)cc2)nn1C. The zero-order valence-corrected chi connectivity index (χ0v) is 11.3. The van der Waals surface area contributed by atoms with Crippen LogP contribution in [0.1, 0.15) is 11.3 Å². The van der Waals surface area contributed by atoms with Gasteiger partial charge in [0, 0.05) is 19.2 Å². The Morgan fingerprint density at radius 3 is 2.50 bits per heavy atom. The number of ether oxygens (including phenoxy) is 1. The average molecular weight is 245 g/mol. The van der Waals surface area contributed by atoms with Crippen LogP contribution in [-0.4, -0.2) is 23.9 Å². The number of rotatable bonds is 4. The van der Waals surface area contributed by atoms with Crippen molar-refractivity contribution < 1.29 is 4.74 Å². The van der Waals surface area contributed by atoms with Crippen LogP contribution in [0.4, 0.5) is 0 Å². The van der Waals surface area contributed by atoms with Crippen molar-refractivity contribution in [2.75, 3.05) is 14.2 Å². The van der Waals surface area contributed by atoms with Crippen molar-refractivity contribution in [3.63, 3.8) is 0 Å². The number of benzene rings is 1. The van der Waals surface area contributed by atoms with E-state index in [0.29, 0.717) is 0 Å². The Balaban J connectivity index is 2.40. The fourth-order valence-electron chi connectivity index (χ4n) is 2.10. The smallest absolute Gasteiger partial charge is 0.118 e. The number of aromatic nitrogens is 2. The summed E-state index contributed by atoms with van der Waals surface area (Å²) in [6.07, 6.45) is 0. The normalized spacial score (nSPS) is 10.7. The Hall–Kier alpha value is -1.81. The molecule has 96 valence electrons. The molecule has 2 rings (SSSR count). The first-order chi connectivity index (χ1) is 8.67. The van der Waals surface area contributed by atoms with E-state index in [-0.39, 0.29) is 0 Å². The summed E-state index contributed by atoms with van der Waals surface area (Å²) in [5.74, 6) is 0.864. The summed E-state index contributed by atoms with van der Waals surface area (Å²) in [7, 11) is 5.60. The number of nitrogens with zero attached hydrogens (tertiary/aromatic N) is 2. The van der Waals surface area contributed by atoms with Gasteiger partial charge in [0.1, 0.15) is 5.75 Å². The van der Waals surface area contributed by atoms with E-state index >= 15 is 0 Å². The van der Waals surface area contributed by atoms with Crippen LogP contribution in [0.2, 0.25) is 0 Å². The van der Waals surface area contributed by atoms with Gasteiger partial charge in [-0.05, 0) is 43.8 Å². The molecule has 0 amide bonds. The fraction of sp³-hybridized carbons (Fsp3) is 0.357. The van der Waals surface area contributed by atoms with Crippen LogP contribution >= 0.6 is 0 Å². The van der Waals surface area contributed by atoms with E-state index in [9.17, 15) is 0 Å². The number of nitrogens with one attached hydrogen (secondary N) is 1. The van der Waals surface area contributed by atoms with E-state index < -0.39 is 0 Å². The molecule has 0 fully saturated rings. The van der Waals surface area contributed by atoms with Gasteiger partial charge in [0.05, 0.1) is 18.5 Å². The van der Waals surface area contributed by atoms with E-state index in [1.54, 1.807) is 7.11 Å². The molecule has 1 N–H and O–H groups in total. The minimum Gasteiger partial charge on any atom is -0.497 e. The lowest BCUT2D eigenvalue weighted by atomic mass is 10.1. The summed E-state index contributed by atoms with van der Waals surface area (Å²) >= 11 is 0. The zero-order valence-electron chi connectivity index (χ0n) is 11.3. The second kappa shape index (κ2) is 5.23. The van der Waals surface area contributed by atoms with Crippen LogP contribution in [0.25, 0.3) is 11.3 Å². The highest BCUT2D eigenvalue weighted by atomic mass is 16.5. The Bertz CT molecular complexity index is 529. The summed E-state index contributed by atoms with van der Waals surface area (Å²) < 4.78 is 7.10. The molecule has 0 saturated heterocycles. The lowest BCUT2D eigenvalue weighted by molar-refractivity contribution is 0.415. The summed E-state index contributed by atoms with van der Waals surface area (Å²) in [5.41, 5.74) is 4.58. The maximum atomic E-state index is 5.17. The molecular weight excluding hydrogens is 226 g/mol. The van der Waals surface area contributed by atoms with E-state index in [1.807, 2.05) is 43.0 Å². The van der Waals surface area contributed by atoms with Crippen LogP contribution < -0.4 is 10.1 Å². The van der Waals surface area contributed by atoms with Crippen molar-refractivity contribution in [3.05, 3.63) is 35.5 Å². The number of hydrogen-bond donors (Lipinski definition) is 1. The van der Waals surface area contributed by atoms with Crippen molar-refractivity contribution in [1.29, 1.82) is 0 Å². The molecule has 0 bridgehead atoms. The molecule has 0 unspecified atom stereocenters. The molecule has 0 aliphatic rings. The van der Waals surface area contributed by atoms with Crippen molar-refractivity contribution in [2.45, 2.75) is 13.5 Å². The van der Waals surface area contributed by atoms with Gasteiger partial charge in [-0.3, -0.25) is 4.68 Å². The molecule has 0 aliphatic heterocycles. The van der Waals surface area contributed by atoms with E-state index in [0.717, 1.165) is 23.6 Å². The minimum atomic E-state index is 0.825. The number of hydrogen-bond acceptors (Lipinski definition) is 3. The quantitative estimate of drug-likeness (QED) is 0.896. The van der Waals surface area contributed by atoms with Gasteiger partial charge in [-0.15, -0.1) is 0 Å². The first kappa shape index (κ1) is 12.6. The third kappa shape index (κ3) is 2.24. The molecule has 2 aromatic rings. The molecule has 1 heterocycles. The van der Waals surface area contributed by atoms with Gasteiger partial charge in [0.25, 0.3) is 0 Å². The first-order valence-electron chi connectivity index (χ1n) is 5.99. The Kier molecular flexibility index (Phi) is 3.67. The third-order valence-corrected chi connectivity index (χ3v) is 3.14.